The Balaban J connectivity index is 0.00000324. The van der Waals surface area contributed by atoms with Crippen molar-refractivity contribution in [3.63, 3.8) is 0 Å². The molecule has 2 amide bonds. The van der Waals surface area contributed by atoms with Crippen LogP contribution in [0.25, 0.3) is 6.08 Å². The van der Waals surface area contributed by atoms with Gasteiger partial charge in [0, 0.05) is 11.6 Å². The number of β-lactam (4-membered cyclic amide) rings is 1. The van der Waals surface area contributed by atoms with E-state index < -0.39 is 40.8 Å². The van der Waals surface area contributed by atoms with Crippen LogP contribution in [0.2, 0.25) is 4.34 Å². The Morgan fingerprint density at radius 3 is 2.74 bits per heavy atom. The van der Waals surface area contributed by atoms with E-state index in [-0.39, 0.29) is 61.9 Å². The van der Waals surface area contributed by atoms with Crippen LogP contribution in [0.1, 0.15) is 11.5 Å². The topological polar surface area (TPSA) is 207 Å². The Hall–Kier alpha value is -2.56. The fourth-order valence-corrected chi connectivity index (χ4v) is 5.42. The SMILES string of the molecule is Nc1nc(/C(=N/O)C(=O)N[C@@H]2C(=O)N3C(C(=O)O)=C(/C=C/c4cc([O-])no4)CS[C@H]23)c(Cl)s1.[Na+]. The molecule has 5 N–H and O–H groups in total. The molecule has 172 valence electrons. The molecule has 0 aromatic carbocycles. The van der Waals surface area contributed by atoms with Crippen LogP contribution < -0.4 is 45.7 Å². The van der Waals surface area contributed by atoms with Crippen LogP contribution in [-0.2, 0) is 14.4 Å². The smallest absolute Gasteiger partial charge is 0.856 e. The number of carbonyl (C=O) groups excluding carboxylic acids is 2. The summed E-state index contributed by atoms with van der Waals surface area (Å²) >= 11 is 8.03. The normalized spacial score (nSPS) is 20.1. The molecule has 4 heterocycles. The minimum absolute atomic E-state index is 0. The third-order valence-corrected chi connectivity index (χ3v) is 6.97. The number of nitrogens with one attached hydrogen (secondary N) is 1. The van der Waals surface area contributed by atoms with Crippen LogP contribution in [0.3, 0.4) is 0 Å². The van der Waals surface area contributed by atoms with Crippen molar-refractivity contribution in [3.05, 3.63) is 39.2 Å². The van der Waals surface area contributed by atoms with E-state index in [0.717, 1.165) is 22.3 Å². The summed E-state index contributed by atoms with van der Waals surface area (Å²) in [4.78, 5) is 42.1. The average Bonchev–Trinajstić information content (AvgIpc) is 3.34. The maximum absolute atomic E-state index is 12.7. The van der Waals surface area contributed by atoms with Gasteiger partial charge in [-0.1, -0.05) is 39.3 Å². The van der Waals surface area contributed by atoms with Gasteiger partial charge in [-0.15, -0.1) is 11.8 Å². The molecule has 17 heteroatoms. The quantitative estimate of drug-likeness (QED) is 0.0969. The van der Waals surface area contributed by atoms with Gasteiger partial charge in [0.15, 0.2) is 16.6 Å². The molecule has 1 saturated heterocycles. The third-order valence-electron chi connectivity index (χ3n) is 4.58. The molecule has 0 aliphatic carbocycles. The summed E-state index contributed by atoms with van der Waals surface area (Å²) in [7, 11) is 0. The number of carboxylic acids is 1. The van der Waals surface area contributed by atoms with Gasteiger partial charge in [0.1, 0.15) is 27.1 Å². The number of halogens is 1. The molecule has 0 spiro atoms. The standard InChI is InChI=1S/C17H13ClN6O7S2.Na/c18-12-8(21-17(19)33-12)9(22-30)13(26)20-10-14(27)24-11(16(28)29)5(4-32-15(10)24)1-2-6-3-7(25)23-31-6;/h1-3,10,15,30H,4H2,(H2,19,21)(H,20,26)(H,23,25)(H,28,29);/q;+1/p-1/b2-1+,22-9-;/t10-,15-;/m1./s1. The number of rotatable bonds is 6. The summed E-state index contributed by atoms with van der Waals surface area (Å²) in [6.07, 6.45) is 2.78. The van der Waals surface area contributed by atoms with Crippen LogP contribution in [0.4, 0.5) is 5.13 Å². The van der Waals surface area contributed by atoms with E-state index in [1.807, 2.05) is 0 Å². The maximum Gasteiger partial charge on any atom is 1.00 e. The third kappa shape index (κ3) is 4.80. The molecule has 2 atom stereocenters. The first kappa shape index (κ1) is 26.1. The molecule has 34 heavy (non-hydrogen) atoms. The first-order valence-corrected chi connectivity index (χ1v) is 11.1. The molecule has 0 saturated carbocycles. The number of carbonyl (C=O) groups is 3. The molecule has 2 aliphatic heterocycles. The first-order valence-electron chi connectivity index (χ1n) is 8.89. The molecule has 0 radical (unpaired) electrons. The molecule has 2 aromatic rings. The largest absolute Gasteiger partial charge is 1.00 e. The number of nitrogen functional groups attached to an aromatic ring is 1. The van der Waals surface area contributed by atoms with Gasteiger partial charge in [-0.25, -0.2) is 9.78 Å². The summed E-state index contributed by atoms with van der Waals surface area (Å²) in [5.74, 6) is -3.22. The van der Waals surface area contributed by atoms with Crippen molar-refractivity contribution in [2.75, 3.05) is 11.5 Å². The Morgan fingerprint density at radius 1 is 1.44 bits per heavy atom. The summed E-state index contributed by atoms with van der Waals surface area (Å²) in [6.45, 7) is 0. The number of hydrogen-bond donors (Lipinski definition) is 4. The maximum atomic E-state index is 12.7. The predicted octanol–water partition coefficient (Wildman–Crippen LogP) is -2.93. The van der Waals surface area contributed by atoms with Crippen LogP contribution in [0.5, 0.6) is 5.88 Å². The first-order chi connectivity index (χ1) is 15.7. The van der Waals surface area contributed by atoms with Crippen molar-refractivity contribution in [2.45, 2.75) is 11.4 Å². The molecule has 0 bridgehead atoms. The Kier molecular flexibility index (Phi) is 7.95. The molecular weight excluding hydrogens is 523 g/mol. The van der Waals surface area contributed by atoms with Crippen molar-refractivity contribution in [2.24, 2.45) is 5.16 Å². The molecule has 2 aliphatic rings. The number of anilines is 1. The molecule has 1 fully saturated rings. The Bertz CT molecular complexity index is 1260. The van der Waals surface area contributed by atoms with E-state index in [4.69, 9.17) is 21.9 Å². The van der Waals surface area contributed by atoms with Crippen LogP contribution in [0.15, 0.2) is 33.1 Å². The zero-order valence-corrected chi connectivity index (χ0v) is 21.5. The van der Waals surface area contributed by atoms with E-state index in [0.29, 0.717) is 5.57 Å². The number of hydrogen-bond acceptors (Lipinski definition) is 12. The number of nitrogens with zero attached hydrogens (tertiary/aromatic N) is 4. The van der Waals surface area contributed by atoms with E-state index in [1.54, 1.807) is 0 Å². The van der Waals surface area contributed by atoms with Crippen molar-refractivity contribution >= 4 is 69.4 Å². The van der Waals surface area contributed by atoms with E-state index in [9.17, 15) is 29.8 Å². The van der Waals surface area contributed by atoms with E-state index in [1.165, 1.54) is 23.9 Å². The van der Waals surface area contributed by atoms with Gasteiger partial charge in [0.05, 0.1) is 0 Å². The van der Waals surface area contributed by atoms with Gasteiger partial charge < -0.3 is 31.0 Å². The zero-order chi connectivity index (χ0) is 23.9. The fraction of sp³-hybridized carbons (Fsp3) is 0.176. The number of amides is 2. The summed E-state index contributed by atoms with van der Waals surface area (Å²) < 4.78 is 4.79. The van der Waals surface area contributed by atoms with Crippen molar-refractivity contribution < 1.29 is 63.9 Å². The van der Waals surface area contributed by atoms with Gasteiger partial charge >= 0.3 is 35.5 Å². The second kappa shape index (κ2) is 10.4. The van der Waals surface area contributed by atoms with E-state index >= 15 is 0 Å². The molecule has 13 nitrogen and oxygen atoms in total. The van der Waals surface area contributed by atoms with Gasteiger partial charge in [-0.3, -0.25) is 14.5 Å². The molecule has 2 aromatic heterocycles. The number of fused-ring (bicyclic) bond motifs is 1. The van der Waals surface area contributed by atoms with Crippen molar-refractivity contribution in [1.29, 1.82) is 0 Å². The van der Waals surface area contributed by atoms with Crippen LogP contribution in [0, 0.1) is 0 Å². The molecular formula is C17H12ClN6NaO7S2. The number of aromatic nitrogens is 2. The number of nitrogens with two attached hydrogens (primary N) is 1. The van der Waals surface area contributed by atoms with Crippen LogP contribution in [-0.4, -0.2) is 66.0 Å². The van der Waals surface area contributed by atoms with Gasteiger partial charge in [-0.2, -0.15) is 0 Å². The van der Waals surface area contributed by atoms with Gasteiger partial charge in [-0.05, 0) is 17.7 Å². The second-order valence-electron chi connectivity index (χ2n) is 6.56. The molecule has 0 unspecified atom stereocenters. The van der Waals surface area contributed by atoms with Crippen molar-refractivity contribution in [3.8, 4) is 5.88 Å². The summed E-state index contributed by atoms with van der Waals surface area (Å²) in [5.41, 5.74) is 4.89. The van der Waals surface area contributed by atoms with Gasteiger partial charge in [0.2, 0.25) is 0 Å². The second-order valence-corrected chi connectivity index (χ2v) is 9.30. The zero-order valence-electron chi connectivity index (χ0n) is 17.1. The predicted molar refractivity (Wildman–Crippen MR) is 115 cm³/mol. The molecule has 4 rings (SSSR count). The van der Waals surface area contributed by atoms with Crippen molar-refractivity contribution in [1.82, 2.24) is 20.4 Å². The average molecular weight is 535 g/mol. The van der Waals surface area contributed by atoms with Gasteiger partial charge in [0.25, 0.3) is 11.8 Å². The number of oxime groups is 1. The number of allylic oxidation sites excluding steroid dienone is 1. The fourth-order valence-electron chi connectivity index (χ4n) is 3.18. The number of thioether (sulfide) groups is 1. The Morgan fingerprint density at radius 2 is 2.18 bits per heavy atom. The minimum Gasteiger partial charge on any atom is -0.856 e. The number of carboxylic acid groups (broad SMARTS) is 1. The minimum atomic E-state index is -1.34. The monoisotopic (exact) mass is 534 g/mol. The van der Waals surface area contributed by atoms with E-state index in [2.05, 4.69) is 20.6 Å². The summed E-state index contributed by atoms with van der Waals surface area (Å²) in [5, 5.41) is 37.9. The Labute approximate surface area is 225 Å². The number of thiazole rings is 1. The summed E-state index contributed by atoms with van der Waals surface area (Å²) in [6, 6.07) is 0.0465. The number of aliphatic carboxylic acids is 1. The van der Waals surface area contributed by atoms with Crippen LogP contribution >= 0.6 is 34.7 Å².